The van der Waals surface area contributed by atoms with Crippen molar-refractivity contribution in [2.24, 2.45) is 58.2 Å². The second-order valence-corrected chi connectivity index (χ2v) is 21.9. The maximum Gasteiger partial charge on any atom is 0.306 e. The van der Waals surface area contributed by atoms with Gasteiger partial charge in [-0.05, 0) is 122 Å². The minimum Gasteiger partial charge on any atom is -0.481 e. The summed E-state index contributed by atoms with van der Waals surface area (Å²) in [6.45, 7) is 16.1. The van der Waals surface area contributed by atoms with E-state index >= 15 is 0 Å². The largest absolute Gasteiger partial charge is 0.481 e. The van der Waals surface area contributed by atoms with Gasteiger partial charge in [0.1, 0.15) is 13.2 Å². The summed E-state index contributed by atoms with van der Waals surface area (Å²) in [5.41, 5.74) is 0.821. The molecule has 0 aromatic rings. The van der Waals surface area contributed by atoms with E-state index in [9.17, 15) is 24.3 Å². The number of hydrogen-bond acceptors (Lipinski definition) is 7. The van der Waals surface area contributed by atoms with E-state index in [0.717, 1.165) is 67.6 Å². The number of fused-ring (bicyclic) bond motifs is 5. The fourth-order valence-corrected chi connectivity index (χ4v) is 13.1. The third kappa shape index (κ3) is 16.4. The lowest BCUT2D eigenvalue weighted by Crippen LogP contribution is -2.54. The predicted octanol–water partition coefficient (Wildman–Crippen LogP) is 11.0. The van der Waals surface area contributed by atoms with E-state index in [0.29, 0.717) is 16.7 Å². The average molecular weight is 885 g/mol. The van der Waals surface area contributed by atoms with Gasteiger partial charge in [0.2, 0.25) is 11.8 Å². The highest BCUT2D eigenvalue weighted by Crippen LogP contribution is 2.68. The number of carbonyl (C=O) groups is 4. The fraction of sp³-hybridized carbons (Fsp3) is 0.887. The smallest absolute Gasteiger partial charge is 0.306 e. The predicted molar refractivity (Wildman–Crippen MR) is 252 cm³/mol. The van der Waals surface area contributed by atoms with E-state index in [-0.39, 0.29) is 50.5 Å². The number of ether oxygens (including phenoxy) is 2. The van der Waals surface area contributed by atoms with Crippen LogP contribution in [0.15, 0.2) is 12.2 Å². The molecule has 4 fully saturated rings. The van der Waals surface area contributed by atoms with Crippen LogP contribution < -0.4 is 10.6 Å². The normalized spacial score (nSPS) is 29.9. The number of rotatable bonds is 29. The van der Waals surface area contributed by atoms with Gasteiger partial charge >= 0.3 is 11.9 Å². The van der Waals surface area contributed by atoms with E-state index in [1.807, 2.05) is 6.08 Å². The molecule has 12 atom stereocenters. The van der Waals surface area contributed by atoms with E-state index in [1.165, 1.54) is 109 Å². The molecule has 6 unspecified atom stereocenters. The number of hydrogen-bond donors (Lipinski definition) is 4. The van der Waals surface area contributed by atoms with E-state index in [1.54, 1.807) is 6.08 Å². The Morgan fingerprint density at radius 1 is 0.746 bits per heavy atom. The van der Waals surface area contributed by atoms with Crippen LogP contribution in [0.3, 0.4) is 0 Å². The zero-order valence-electron chi connectivity index (χ0n) is 40.9. The first-order valence-electron chi connectivity index (χ1n) is 26.0. The molecule has 4 N–H and O–H groups in total. The van der Waals surface area contributed by atoms with Crippen LogP contribution in [0.25, 0.3) is 0 Å². The van der Waals surface area contributed by atoms with Gasteiger partial charge in [0.05, 0.1) is 37.6 Å². The van der Waals surface area contributed by atoms with Gasteiger partial charge in [-0.3, -0.25) is 19.2 Å². The highest BCUT2D eigenvalue weighted by molar-refractivity contribution is 5.85. The van der Waals surface area contributed by atoms with Gasteiger partial charge in [-0.2, -0.15) is 0 Å². The summed E-state index contributed by atoms with van der Waals surface area (Å²) < 4.78 is 11.5. The van der Waals surface area contributed by atoms with Crippen LogP contribution in [0.2, 0.25) is 0 Å². The van der Waals surface area contributed by atoms with Gasteiger partial charge in [-0.1, -0.05) is 138 Å². The molecule has 0 heterocycles. The first kappa shape index (κ1) is 53.2. The molecule has 362 valence electrons. The standard InChI is InChI=1S/C53H92N2O8/c1-8-9-10-11-12-13-14-15-16-19-38(4)21-26-47(56)46(35-63-51(61)28-27-50(59)60)55-48(57)34-54-49(58)36-62-41-29-31-52(6)40(33-41)22-23-42-44-25-24-43(39(5)20-17-18-37(2)3)53(44,7)32-30-45(42)52/h21,26,37-47,56H,8-20,22-25,27-36H2,1-7H3,(H,54,58)(H,55,57)(H,59,60)/b26-21+/t38?,39?,40?,41-,42?,43+,44?,45?,46-,47+,52-,53+/m0/s1. The van der Waals surface area contributed by atoms with Crippen LogP contribution in [-0.4, -0.2) is 72.0 Å². The van der Waals surface area contributed by atoms with Gasteiger partial charge in [0, 0.05) is 0 Å². The number of aliphatic hydroxyl groups is 1. The number of carboxylic acid groups (broad SMARTS) is 1. The number of allylic oxidation sites excluding steroid dienone is 1. The Hall–Kier alpha value is -2.46. The number of aliphatic hydroxyl groups excluding tert-OH is 1. The summed E-state index contributed by atoms with van der Waals surface area (Å²) >= 11 is 0. The zero-order chi connectivity index (χ0) is 46.0. The third-order valence-electron chi connectivity index (χ3n) is 16.8. The van der Waals surface area contributed by atoms with Gasteiger partial charge in [0.25, 0.3) is 0 Å². The molecule has 4 aliphatic carbocycles. The molecule has 2 amide bonds. The third-order valence-corrected chi connectivity index (χ3v) is 16.8. The summed E-state index contributed by atoms with van der Waals surface area (Å²) in [5, 5.41) is 25.4. The van der Waals surface area contributed by atoms with Crippen molar-refractivity contribution in [3.63, 3.8) is 0 Å². The molecule has 0 saturated heterocycles. The van der Waals surface area contributed by atoms with Crippen molar-refractivity contribution in [2.75, 3.05) is 19.8 Å². The number of amides is 2. The van der Waals surface area contributed by atoms with Crippen molar-refractivity contribution < 1.29 is 38.9 Å². The first-order chi connectivity index (χ1) is 30.1. The molecule has 0 aromatic carbocycles. The van der Waals surface area contributed by atoms with E-state index in [2.05, 4.69) is 59.1 Å². The van der Waals surface area contributed by atoms with Crippen LogP contribution in [-0.2, 0) is 28.7 Å². The van der Waals surface area contributed by atoms with Crippen molar-refractivity contribution in [2.45, 2.75) is 221 Å². The highest BCUT2D eigenvalue weighted by Gasteiger charge is 2.60. The fourth-order valence-electron chi connectivity index (χ4n) is 13.1. The van der Waals surface area contributed by atoms with Crippen LogP contribution in [0, 0.1) is 58.2 Å². The molecular formula is C53H92N2O8. The molecule has 63 heavy (non-hydrogen) atoms. The van der Waals surface area contributed by atoms with Crippen LogP contribution in [0.5, 0.6) is 0 Å². The second-order valence-electron chi connectivity index (χ2n) is 21.9. The molecule has 10 heteroatoms. The Kier molecular flexibility index (Phi) is 22.5. The summed E-state index contributed by atoms with van der Waals surface area (Å²) in [5.74, 6) is 3.04. The number of carbonyl (C=O) groups excluding carboxylic acids is 3. The van der Waals surface area contributed by atoms with Gasteiger partial charge in [-0.15, -0.1) is 0 Å². The molecule has 0 aromatic heterocycles. The van der Waals surface area contributed by atoms with Crippen LogP contribution in [0.4, 0.5) is 0 Å². The van der Waals surface area contributed by atoms with Gasteiger partial charge < -0.3 is 30.3 Å². The van der Waals surface area contributed by atoms with Crippen molar-refractivity contribution >= 4 is 23.8 Å². The van der Waals surface area contributed by atoms with Gasteiger partial charge in [0.15, 0.2) is 0 Å². The van der Waals surface area contributed by atoms with Crippen molar-refractivity contribution in [1.29, 1.82) is 0 Å². The maximum atomic E-state index is 13.1. The monoisotopic (exact) mass is 885 g/mol. The molecule has 4 saturated carbocycles. The summed E-state index contributed by atoms with van der Waals surface area (Å²) in [4.78, 5) is 49.2. The Labute approximate surface area is 383 Å². The number of carboxylic acids is 1. The second kappa shape index (κ2) is 26.6. The van der Waals surface area contributed by atoms with Crippen LogP contribution >= 0.6 is 0 Å². The minimum absolute atomic E-state index is 0.0282. The molecule has 4 aliphatic rings. The Bertz CT molecular complexity index is 1430. The number of nitrogens with one attached hydrogen (secondary N) is 2. The Morgan fingerprint density at radius 3 is 2.13 bits per heavy atom. The average Bonchev–Trinajstić information content (AvgIpc) is 3.61. The summed E-state index contributed by atoms with van der Waals surface area (Å²) in [6, 6.07) is -0.974. The van der Waals surface area contributed by atoms with E-state index in [4.69, 9.17) is 14.6 Å². The lowest BCUT2D eigenvalue weighted by atomic mass is 9.44. The lowest BCUT2D eigenvalue weighted by Gasteiger charge is -2.61. The molecule has 0 bridgehead atoms. The number of unbranched alkanes of at least 4 members (excludes halogenated alkanes) is 8. The Balaban J connectivity index is 1.20. The quantitative estimate of drug-likeness (QED) is 0.0329. The molecule has 10 nitrogen and oxygen atoms in total. The minimum atomic E-state index is -1.15. The topological polar surface area (TPSA) is 151 Å². The highest BCUT2D eigenvalue weighted by atomic mass is 16.5. The van der Waals surface area contributed by atoms with Gasteiger partial charge in [-0.25, -0.2) is 0 Å². The molecular weight excluding hydrogens is 793 g/mol. The van der Waals surface area contributed by atoms with Crippen molar-refractivity contribution in [3.8, 4) is 0 Å². The lowest BCUT2D eigenvalue weighted by molar-refractivity contribution is -0.149. The molecule has 0 radical (unpaired) electrons. The SMILES string of the molecule is CCCCCCCCCCCC(C)/C=C/[C@@H](O)[C@H](COC(=O)CCC(=O)O)NC(=O)CNC(=O)CO[C@H]1CC[C@@]2(C)C(CCC3C2CC[C@@]2(C)C3CC[C@@H]2C(C)CCCC(C)C)C1. The molecule has 4 rings (SSSR count). The number of esters is 1. The van der Waals surface area contributed by atoms with Crippen molar-refractivity contribution in [1.82, 2.24) is 10.6 Å². The number of aliphatic carboxylic acids is 1. The molecule has 0 spiro atoms. The molecule has 0 aliphatic heterocycles. The van der Waals surface area contributed by atoms with E-state index < -0.39 is 30.0 Å². The first-order valence-corrected chi connectivity index (χ1v) is 26.0. The Morgan fingerprint density at radius 2 is 1.43 bits per heavy atom. The maximum absolute atomic E-state index is 13.1. The summed E-state index contributed by atoms with van der Waals surface area (Å²) in [6.07, 6.45) is 29.3. The van der Waals surface area contributed by atoms with Crippen LogP contribution in [0.1, 0.15) is 203 Å². The summed E-state index contributed by atoms with van der Waals surface area (Å²) in [7, 11) is 0. The van der Waals surface area contributed by atoms with Crippen molar-refractivity contribution in [3.05, 3.63) is 12.2 Å². The zero-order valence-corrected chi connectivity index (χ0v) is 40.9.